The SMILES string of the molecule is CCCOc1ccc(/C=N\n2c(CC)nnc2SC)cc1OC. The highest BCUT2D eigenvalue weighted by Crippen LogP contribution is 2.27. The number of thioether (sulfide) groups is 1. The molecule has 0 aliphatic heterocycles. The molecule has 6 nitrogen and oxygen atoms in total. The van der Waals surface area contributed by atoms with Gasteiger partial charge in [0.15, 0.2) is 17.3 Å². The van der Waals surface area contributed by atoms with Crippen LogP contribution in [0.3, 0.4) is 0 Å². The van der Waals surface area contributed by atoms with Gasteiger partial charge in [-0.1, -0.05) is 25.6 Å². The van der Waals surface area contributed by atoms with Crippen LogP contribution in [0.25, 0.3) is 0 Å². The van der Waals surface area contributed by atoms with E-state index < -0.39 is 0 Å². The quantitative estimate of drug-likeness (QED) is 0.548. The zero-order valence-corrected chi connectivity index (χ0v) is 14.8. The van der Waals surface area contributed by atoms with Gasteiger partial charge < -0.3 is 9.47 Å². The Bertz CT molecular complexity index is 649. The molecule has 1 heterocycles. The third kappa shape index (κ3) is 4.25. The van der Waals surface area contributed by atoms with Crippen molar-refractivity contribution in [3.63, 3.8) is 0 Å². The van der Waals surface area contributed by atoms with Gasteiger partial charge in [0.2, 0.25) is 5.16 Å². The van der Waals surface area contributed by atoms with Gasteiger partial charge >= 0.3 is 0 Å². The molecule has 0 saturated carbocycles. The molecule has 0 bridgehead atoms. The van der Waals surface area contributed by atoms with Crippen LogP contribution in [-0.4, -0.2) is 41.1 Å². The van der Waals surface area contributed by atoms with Crippen molar-refractivity contribution in [3.8, 4) is 11.5 Å². The van der Waals surface area contributed by atoms with Crippen LogP contribution in [0.4, 0.5) is 0 Å². The number of nitrogens with zero attached hydrogens (tertiary/aromatic N) is 4. The summed E-state index contributed by atoms with van der Waals surface area (Å²) in [4.78, 5) is 0. The van der Waals surface area contributed by atoms with E-state index in [-0.39, 0.29) is 0 Å². The first kappa shape index (κ1) is 17.3. The van der Waals surface area contributed by atoms with Crippen molar-refractivity contribution in [2.24, 2.45) is 5.10 Å². The second-order valence-electron chi connectivity index (χ2n) is 4.77. The van der Waals surface area contributed by atoms with Crippen molar-refractivity contribution < 1.29 is 9.47 Å². The maximum atomic E-state index is 5.66. The fourth-order valence-corrected chi connectivity index (χ4v) is 2.43. The smallest absolute Gasteiger partial charge is 0.211 e. The van der Waals surface area contributed by atoms with Crippen LogP contribution in [0.5, 0.6) is 11.5 Å². The van der Waals surface area contributed by atoms with Crippen LogP contribution in [0, 0.1) is 0 Å². The lowest BCUT2D eigenvalue weighted by molar-refractivity contribution is 0.294. The van der Waals surface area contributed by atoms with E-state index >= 15 is 0 Å². The summed E-state index contributed by atoms with van der Waals surface area (Å²) in [5.74, 6) is 2.28. The van der Waals surface area contributed by atoms with Crippen LogP contribution in [-0.2, 0) is 6.42 Å². The highest BCUT2D eigenvalue weighted by molar-refractivity contribution is 7.98. The number of ether oxygens (including phenoxy) is 2. The van der Waals surface area contributed by atoms with Crippen molar-refractivity contribution in [1.29, 1.82) is 0 Å². The number of hydrogen-bond donors (Lipinski definition) is 0. The highest BCUT2D eigenvalue weighted by atomic mass is 32.2. The van der Waals surface area contributed by atoms with Crippen molar-refractivity contribution in [3.05, 3.63) is 29.6 Å². The van der Waals surface area contributed by atoms with Gasteiger partial charge in [-0.25, -0.2) is 0 Å². The summed E-state index contributed by atoms with van der Waals surface area (Å²) in [6, 6.07) is 5.76. The zero-order valence-electron chi connectivity index (χ0n) is 13.9. The molecular weight excluding hydrogens is 312 g/mol. The summed E-state index contributed by atoms with van der Waals surface area (Å²) in [7, 11) is 1.63. The molecule has 2 rings (SSSR count). The molecule has 7 heteroatoms. The molecule has 0 fully saturated rings. The van der Waals surface area contributed by atoms with Gasteiger partial charge in [0, 0.05) is 6.42 Å². The molecule has 124 valence electrons. The molecule has 1 aromatic heterocycles. The minimum absolute atomic E-state index is 0.668. The van der Waals surface area contributed by atoms with Crippen LogP contribution < -0.4 is 9.47 Å². The van der Waals surface area contributed by atoms with E-state index in [4.69, 9.17) is 9.47 Å². The predicted octanol–water partition coefficient (Wildman–Crippen LogP) is 3.24. The number of methoxy groups -OCH3 is 1. The van der Waals surface area contributed by atoms with Crippen molar-refractivity contribution in [2.45, 2.75) is 31.8 Å². The monoisotopic (exact) mass is 334 g/mol. The summed E-state index contributed by atoms with van der Waals surface area (Å²) < 4.78 is 12.8. The number of aromatic nitrogens is 3. The molecule has 0 aliphatic carbocycles. The van der Waals surface area contributed by atoms with Crippen molar-refractivity contribution in [1.82, 2.24) is 14.9 Å². The normalized spacial score (nSPS) is 11.1. The van der Waals surface area contributed by atoms with E-state index in [9.17, 15) is 0 Å². The average molecular weight is 334 g/mol. The summed E-state index contributed by atoms with van der Waals surface area (Å²) >= 11 is 1.52. The zero-order chi connectivity index (χ0) is 16.7. The molecule has 0 saturated heterocycles. The number of aryl methyl sites for hydroxylation is 1. The van der Waals surface area contributed by atoms with E-state index in [1.54, 1.807) is 18.0 Å². The van der Waals surface area contributed by atoms with Gasteiger partial charge in [0.05, 0.1) is 19.9 Å². The van der Waals surface area contributed by atoms with E-state index in [2.05, 4.69) is 22.2 Å². The van der Waals surface area contributed by atoms with Crippen LogP contribution in [0.2, 0.25) is 0 Å². The minimum atomic E-state index is 0.668. The van der Waals surface area contributed by atoms with Gasteiger partial charge in [-0.3, -0.25) is 0 Å². The van der Waals surface area contributed by atoms with Crippen LogP contribution >= 0.6 is 11.8 Å². The molecule has 0 radical (unpaired) electrons. The average Bonchev–Trinajstić information content (AvgIpc) is 3.00. The lowest BCUT2D eigenvalue weighted by Gasteiger charge is -2.10. The van der Waals surface area contributed by atoms with Crippen molar-refractivity contribution in [2.75, 3.05) is 20.0 Å². The Balaban J connectivity index is 2.24. The molecule has 0 spiro atoms. The molecule has 0 aliphatic rings. The maximum absolute atomic E-state index is 5.66. The third-order valence-corrected chi connectivity index (χ3v) is 3.77. The topological polar surface area (TPSA) is 61.5 Å². The largest absolute Gasteiger partial charge is 0.493 e. The molecule has 0 N–H and O–H groups in total. The summed E-state index contributed by atoms with van der Waals surface area (Å²) in [6.07, 6.45) is 5.46. The van der Waals surface area contributed by atoms with Gasteiger partial charge in [0.25, 0.3) is 0 Å². The molecule has 1 aromatic carbocycles. The summed E-state index contributed by atoms with van der Waals surface area (Å²) in [5, 5.41) is 13.5. The summed E-state index contributed by atoms with van der Waals surface area (Å²) in [6.45, 7) is 4.77. The third-order valence-electron chi connectivity index (χ3n) is 3.15. The maximum Gasteiger partial charge on any atom is 0.211 e. The Morgan fingerprint density at radius 1 is 1.26 bits per heavy atom. The molecule has 23 heavy (non-hydrogen) atoms. The van der Waals surface area contributed by atoms with Gasteiger partial charge in [-0.05, 0) is 36.4 Å². The summed E-state index contributed by atoms with van der Waals surface area (Å²) in [5.41, 5.74) is 0.925. The number of benzene rings is 1. The molecular formula is C16H22N4O2S. The minimum Gasteiger partial charge on any atom is -0.493 e. The number of hydrogen-bond acceptors (Lipinski definition) is 6. The first-order chi connectivity index (χ1) is 11.2. The fraction of sp³-hybridized carbons (Fsp3) is 0.438. The second-order valence-corrected chi connectivity index (χ2v) is 5.55. The van der Waals surface area contributed by atoms with E-state index in [0.29, 0.717) is 12.4 Å². The number of rotatable bonds is 8. The Morgan fingerprint density at radius 3 is 2.74 bits per heavy atom. The van der Waals surface area contributed by atoms with Gasteiger partial charge in [0.1, 0.15) is 0 Å². The van der Waals surface area contributed by atoms with Crippen LogP contribution in [0.15, 0.2) is 28.5 Å². The first-order valence-electron chi connectivity index (χ1n) is 7.56. The fourth-order valence-electron chi connectivity index (χ4n) is 1.98. The van der Waals surface area contributed by atoms with Crippen LogP contribution in [0.1, 0.15) is 31.7 Å². The molecule has 2 aromatic rings. The molecule has 0 atom stereocenters. The lowest BCUT2D eigenvalue weighted by atomic mass is 10.2. The van der Waals surface area contributed by atoms with Crippen molar-refractivity contribution >= 4 is 18.0 Å². The Labute approximate surface area is 140 Å². The van der Waals surface area contributed by atoms with E-state index in [1.807, 2.05) is 31.4 Å². The lowest BCUT2D eigenvalue weighted by Crippen LogP contribution is -2.00. The van der Waals surface area contributed by atoms with E-state index in [1.165, 1.54) is 11.8 Å². The molecule has 0 amide bonds. The van der Waals surface area contributed by atoms with E-state index in [0.717, 1.165) is 35.1 Å². The Hall–Kier alpha value is -2.02. The second kappa shape index (κ2) is 8.57. The highest BCUT2D eigenvalue weighted by Gasteiger charge is 2.09. The first-order valence-corrected chi connectivity index (χ1v) is 8.79. The Morgan fingerprint density at radius 2 is 2.09 bits per heavy atom. The van der Waals surface area contributed by atoms with Gasteiger partial charge in [-0.15, -0.1) is 10.2 Å². The van der Waals surface area contributed by atoms with Gasteiger partial charge in [-0.2, -0.15) is 9.78 Å². The standard InChI is InChI=1S/C16H22N4O2S/c1-5-9-22-13-8-7-12(10-14(13)21-3)11-17-20-15(6-2)18-19-16(20)23-4/h7-8,10-11H,5-6,9H2,1-4H3/b17-11-. The molecule has 0 unspecified atom stereocenters. The Kier molecular flexibility index (Phi) is 6.46. The predicted molar refractivity (Wildman–Crippen MR) is 93.0 cm³/mol.